The van der Waals surface area contributed by atoms with Crippen molar-refractivity contribution in [1.82, 2.24) is 0 Å². The molecule has 1 aliphatic heterocycles. The Hall–Kier alpha value is -2.12. The zero-order valence-corrected chi connectivity index (χ0v) is 14.3. The van der Waals surface area contributed by atoms with Crippen molar-refractivity contribution in [2.45, 2.75) is 11.8 Å². The van der Waals surface area contributed by atoms with Gasteiger partial charge in [0.05, 0.1) is 11.2 Å². The van der Waals surface area contributed by atoms with Gasteiger partial charge in [0.1, 0.15) is 5.71 Å². The average molecular weight is 379 g/mol. The van der Waals surface area contributed by atoms with Gasteiger partial charge in [0, 0.05) is 11.9 Å². The maximum atomic E-state index is 11.6. The number of hydrogen-bond acceptors (Lipinski definition) is 6. The number of aliphatic imine (C=N–C) groups is 1. The van der Waals surface area contributed by atoms with Crippen LogP contribution in [0.2, 0.25) is 0 Å². The van der Waals surface area contributed by atoms with Gasteiger partial charge in [-0.05, 0) is 30.7 Å². The second-order valence-corrected chi connectivity index (χ2v) is 7.54. The first-order valence-electron chi connectivity index (χ1n) is 5.99. The van der Waals surface area contributed by atoms with Crippen LogP contribution >= 0.6 is 0 Å². The molecule has 0 saturated heterocycles. The summed E-state index contributed by atoms with van der Waals surface area (Å²) in [5.74, 6) is -0.387. The van der Waals surface area contributed by atoms with E-state index in [1.165, 1.54) is 12.3 Å². The quantitative estimate of drug-likeness (QED) is 0.578. The van der Waals surface area contributed by atoms with Crippen LogP contribution in [-0.4, -0.2) is 44.7 Å². The molecule has 0 radical (unpaired) electrons. The fourth-order valence-corrected chi connectivity index (χ4v) is 2.27. The molecule has 2 rings (SSSR count). The minimum atomic E-state index is -3.80. The normalized spacial score (nSPS) is 12.8. The SMILES string of the molecule is CS(=O)(=O)O.Cc1ccc(NC(=O)C2=NC=C2)cc1S(N)(=O)=O.O. The summed E-state index contributed by atoms with van der Waals surface area (Å²) >= 11 is 0. The summed E-state index contributed by atoms with van der Waals surface area (Å²) in [4.78, 5) is 15.3. The van der Waals surface area contributed by atoms with Crippen molar-refractivity contribution in [3.8, 4) is 0 Å². The molecule has 1 aromatic carbocycles. The average Bonchev–Trinajstić information content (AvgIpc) is 2.25. The minimum absolute atomic E-state index is 0. The van der Waals surface area contributed by atoms with Crippen LogP contribution in [-0.2, 0) is 24.9 Å². The Balaban J connectivity index is 0.000000777. The summed E-state index contributed by atoms with van der Waals surface area (Å²) in [6.07, 6.45) is 3.77. The number of nitrogens with zero attached hydrogens (tertiary/aromatic N) is 1. The lowest BCUT2D eigenvalue weighted by Crippen LogP contribution is -2.23. The number of benzene rings is 1. The van der Waals surface area contributed by atoms with E-state index in [1.807, 2.05) is 0 Å². The van der Waals surface area contributed by atoms with Crippen molar-refractivity contribution in [2.24, 2.45) is 10.1 Å². The summed E-state index contributed by atoms with van der Waals surface area (Å²) in [7, 11) is -7.47. The number of anilines is 1. The molecule has 0 spiro atoms. The molecule has 0 atom stereocenters. The third kappa shape index (κ3) is 7.43. The molecule has 0 saturated carbocycles. The fraction of sp³-hybridized carbons (Fsp3) is 0.167. The van der Waals surface area contributed by atoms with Gasteiger partial charge in [0.25, 0.3) is 16.0 Å². The summed E-state index contributed by atoms with van der Waals surface area (Å²) in [5, 5.41) is 7.62. The highest BCUT2D eigenvalue weighted by atomic mass is 32.2. The van der Waals surface area contributed by atoms with Crippen molar-refractivity contribution in [2.75, 3.05) is 11.6 Å². The van der Waals surface area contributed by atoms with E-state index in [9.17, 15) is 21.6 Å². The van der Waals surface area contributed by atoms with E-state index in [2.05, 4.69) is 10.3 Å². The molecule has 0 fully saturated rings. The van der Waals surface area contributed by atoms with Gasteiger partial charge >= 0.3 is 0 Å². The Morgan fingerprint density at radius 3 is 2.12 bits per heavy atom. The van der Waals surface area contributed by atoms with Crippen molar-refractivity contribution >= 4 is 37.4 Å². The van der Waals surface area contributed by atoms with Crippen LogP contribution in [0.1, 0.15) is 5.56 Å². The van der Waals surface area contributed by atoms with E-state index in [1.54, 1.807) is 25.1 Å². The van der Waals surface area contributed by atoms with E-state index in [-0.39, 0.29) is 16.3 Å². The zero-order valence-electron chi connectivity index (χ0n) is 12.7. The van der Waals surface area contributed by atoms with E-state index >= 15 is 0 Å². The molecule has 10 nitrogen and oxygen atoms in total. The summed E-state index contributed by atoms with van der Waals surface area (Å²) in [6.45, 7) is 1.63. The van der Waals surface area contributed by atoms with Gasteiger partial charge in [-0.1, -0.05) is 6.07 Å². The number of amides is 1. The van der Waals surface area contributed by atoms with Gasteiger partial charge in [-0.3, -0.25) is 14.3 Å². The van der Waals surface area contributed by atoms with E-state index in [0.717, 1.165) is 0 Å². The molecule has 24 heavy (non-hydrogen) atoms. The Labute approximate surface area is 139 Å². The standard InChI is InChI=1S/C11H11N3O3S.CH4O3S.H2O/c1-7-2-3-8(6-10(7)18(12,16)17)14-11(15)9-4-5-13-9;1-5(2,3)4;/h2-6H,1H3,(H,14,15)(H2,12,16,17);1H3,(H,2,3,4);1H2. The van der Waals surface area contributed by atoms with E-state index in [4.69, 9.17) is 9.69 Å². The molecule has 1 heterocycles. The maximum Gasteiger partial charge on any atom is 0.274 e. The van der Waals surface area contributed by atoms with Gasteiger partial charge in [0.2, 0.25) is 10.0 Å². The molecule has 0 aromatic heterocycles. The first kappa shape index (κ1) is 21.9. The number of carbonyl (C=O) groups is 1. The lowest BCUT2D eigenvalue weighted by molar-refractivity contribution is -0.110. The number of nitrogens with two attached hydrogens (primary N) is 1. The number of rotatable bonds is 3. The molecular weight excluding hydrogens is 362 g/mol. The van der Waals surface area contributed by atoms with Crippen LogP contribution in [0.15, 0.2) is 40.4 Å². The molecule has 1 aromatic rings. The van der Waals surface area contributed by atoms with Crippen LogP contribution in [0.5, 0.6) is 0 Å². The van der Waals surface area contributed by atoms with Crippen molar-refractivity contribution in [1.29, 1.82) is 0 Å². The van der Waals surface area contributed by atoms with Gasteiger partial charge in [-0.15, -0.1) is 0 Å². The first-order valence-corrected chi connectivity index (χ1v) is 9.39. The summed E-state index contributed by atoms with van der Waals surface area (Å²) in [5.41, 5.74) is 1.18. The van der Waals surface area contributed by atoms with Crippen LogP contribution < -0.4 is 10.5 Å². The largest absolute Gasteiger partial charge is 0.412 e. The zero-order chi connectivity index (χ0) is 17.8. The Morgan fingerprint density at radius 2 is 1.75 bits per heavy atom. The van der Waals surface area contributed by atoms with E-state index < -0.39 is 20.1 Å². The van der Waals surface area contributed by atoms with Crippen LogP contribution in [0, 0.1) is 6.92 Å². The number of primary sulfonamides is 1. The molecule has 0 aliphatic carbocycles. The third-order valence-corrected chi connectivity index (χ3v) is 3.48. The Bertz CT molecular complexity index is 879. The van der Waals surface area contributed by atoms with Crippen molar-refractivity contribution in [3.63, 3.8) is 0 Å². The molecule has 12 heteroatoms. The van der Waals surface area contributed by atoms with Crippen molar-refractivity contribution in [3.05, 3.63) is 36.0 Å². The van der Waals surface area contributed by atoms with Crippen LogP contribution in [0.3, 0.4) is 0 Å². The predicted molar refractivity (Wildman–Crippen MR) is 88.8 cm³/mol. The fourth-order valence-electron chi connectivity index (χ4n) is 1.46. The second kappa shape index (κ2) is 8.12. The molecule has 134 valence electrons. The van der Waals surface area contributed by atoms with Crippen molar-refractivity contribution < 1.29 is 31.7 Å². The van der Waals surface area contributed by atoms with Gasteiger partial charge in [0.15, 0.2) is 0 Å². The molecular formula is C12H17N3O7S2. The minimum Gasteiger partial charge on any atom is -0.412 e. The topological polar surface area (TPSA) is 187 Å². The number of sulfonamides is 1. The summed E-state index contributed by atoms with van der Waals surface area (Å²) in [6, 6.07) is 4.50. The number of hydrogen-bond donors (Lipinski definition) is 3. The maximum absolute atomic E-state index is 11.6. The molecule has 0 bridgehead atoms. The highest BCUT2D eigenvalue weighted by molar-refractivity contribution is 7.89. The van der Waals surface area contributed by atoms with Crippen LogP contribution in [0.25, 0.3) is 0 Å². The summed E-state index contributed by atoms with van der Waals surface area (Å²) < 4.78 is 48.5. The second-order valence-electron chi connectivity index (χ2n) is 4.54. The lowest BCUT2D eigenvalue weighted by Gasteiger charge is -2.10. The third-order valence-electron chi connectivity index (χ3n) is 2.43. The van der Waals surface area contributed by atoms with Gasteiger partial charge < -0.3 is 10.8 Å². The molecule has 1 aliphatic rings. The monoisotopic (exact) mass is 379 g/mol. The molecule has 1 amide bonds. The van der Waals surface area contributed by atoms with Crippen LogP contribution in [0.4, 0.5) is 5.69 Å². The van der Waals surface area contributed by atoms with Gasteiger partial charge in [-0.2, -0.15) is 8.42 Å². The predicted octanol–water partition coefficient (Wildman–Crippen LogP) is -0.771. The smallest absolute Gasteiger partial charge is 0.274 e. The molecule has 6 N–H and O–H groups in total. The highest BCUT2D eigenvalue weighted by Crippen LogP contribution is 2.19. The Kier molecular flexibility index (Phi) is 7.40. The first-order chi connectivity index (χ1) is 10.4. The number of carbonyl (C=O) groups excluding carboxylic acids is 1. The lowest BCUT2D eigenvalue weighted by atomic mass is 10.2. The number of nitrogens with one attached hydrogen (secondary N) is 1. The van der Waals surface area contributed by atoms with Gasteiger partial charge in [-0.25, -0.2) is 13.6 Å². The highest BCUT2D eigenvalue weighted by Gasteiger charge is 2.15. The van der Waals surface area contributed by atoms with E-state index in [0.29, 0.717) is 23.2 Å². The Morgan fingerprint density at radius 1 is 1.25 bits per heavy atom. The number of aryl methyl sites for hydroxylation is 1. The molecule has 0 unspecified atom stereocenters.